The standard InChI is InChI=1S/C20H22ClN5OS/c1-10-11(2)28-20-17(10)18(13-5-7-14(21)8-6-13)23-15(9-16(27)22-4)19-25-24-12(3)26(19)20/h5,8,15H,6-7,9H2,1-4H3,(H,22,27). The molecule has 0 spiro atoms. The number of carbonyl (C=O) groups excluding carboxylic acids is 1. The molecule has 1 amide bonds. The fourth-order valence-electron chi connectivity index (χ4n) is 3.63. The molecule has 0 bridgehead atoms. The number of hydrogen-bond donors (Lipinski definition) is 1. The number of allylic oxidation sites excluding steroid dienone is 4. The SMILES string of the molecule is CNC(=O)CC1N=C(C2=CCC(Cl)=CC2)c2c(sc(C)c2C)-n2c(C)nnc21. The molecule has 1 aliphatic carbocycles. The maximum Gasteiger partial charge on any atom is 0.222 e. The first-order valence-electron chi connectivity index (χ1n) is 9.25. The van der Waals surface area contributed by atoms with Gasteiger partial charge in [-0.15, -0.1) is 21.5 Å². The van der Waals surface area contributed by atoms with E-state index in [9.17, 15) is 4.79 Å². The van der Waals surface area contributed by atoms with E-state index in [0.29, 0.717) is 12.2 Å². The van der Waals surface area contributed by atoms with Gasteiger partial charge in [-0.2, -0.15) is 0 Å². The lowest BCUT2D eigenvalue weighted by Gasteiger charge is -2.16. The Kier molecular flexibility index (Phi) is 4.97. The van der Waals surface area contributed by atoms with Gasteiger partial charge in [-0.1, -0.05) is 23.8 Å². The van der Waals surface area contributed by atoms with Crippen molar-refractivity contribution in [2.75, 3.05) is 7.05 Å². The number of halogens is 1. The summed E-state index contributed by atoms with van der Waals surface area (Å²) >= 11 is 7.90. The summed E-state index contributed by atoms with van der Waals surface area (Å²) in [5, 5.41) is 13.3. The van der Waals surface area contributed by atoms with Crippen molar-refractivity contribution >= 4 is 34.6 Å². The summed E-state index contributed by atoms with van der Waals surface area (Å²) in [6.07, 6.45) is 5.86. The molecule has 2 aliphatic rings. The van der Waals surface area contributed by atoms with Crippen LogP contribution in [0.3, 0.4) is 0 Å². The van der Waals surface area contributed by atoms with Crippen molar-refractivity contribution in [1.82, 2.24) is 20.1 Å². The van der Waals surface area contributed by atoms with Gasteiger partial charge in [0.2, 0.25) is 5.91 Å². The zero-order chi connectivity index (χ0) is 20.0. The first kappa shape index (κ1) is 19.1. The monoisotopic (exact) mass is 415 g/mol. The van der Waals surface area contributed by atoms with Crippen LogP contribution in [0.4, 0.5) is 0 Å². The van der Waals surface area contributed by atoms with E-state index in [0.717, 1.165) is 39.1 Å². The third-order valence-electron chi connectivity index (χ3n) is 5.29. The minimum atomic E-state index is -0.391. The van der Waals surface area contributed by atoms with E-state index in [1.165, 1.54) is 10.4 Å². The average molecular weight is 416 g/mol. The minimum Gasteiger partial charge on any atom is -0.359 e. The molecule has 146 valence electrons. The fraction of sp³-hybridized carbons (Fsp3) is 0.400. The number of nitrogens with one attached hydrogen (secondary N) is 1. The Morgan fingerprint density at radius 1 is 1.29 bits per heavy atom. The molecule has 1 atom stereocenters. The quantitative estimate of drug-likeness (QED) is 0.820. The van der Waals surface area contributed by atoms with Crippen LogP contribution in [0.1, 0.15) is 53.0 Å². The largest absolute Gasteiger partial charge is 0.359 e. The first-order chi connectivity index (χ1) is 13.4. The molecule has 0 saturated heterocycles. The number of aryl methyl sites for hydroxylation is 2. The van der Waals surface area contributed by atoms with Gasteiger partial charge in [0.05, 0.1) is 12.1 Å². The third-order valence-corrected chi connectivity index (χ3v) is 6.79. The molecule has 2 aromatic heterocycles. The molecule has 28 heavy (non-hydrogen) atoms. The van der Waals surface area contributed by atoms with E-state index in [4.69, 9.17) is 16.6 Å². The van der Waals surface area contributed by atoms with E-state index in [1.807, 2.05) is 13.0 Å². The van der Waals surface area contributed by atoms with Gasteiger partial charge >= 0.3 is 0 Å². The molecule has 0 aromatic carbocycles. The van der Waals surface area contributed by atoms with Gasteiger partial charge in [0.1, 0.15) is 16.9 Å². The smallest absolute Gasteiger partial charge is 0.222 e. The van der Waals surface area contributed by atoms with Gasteiger partial charge in [0, 0.05) is 28.9 Å². The number of rotatable bonds is 3. The molecule has 2 aromatic rings. The minimum absolute atomic E-state index is 0.0703. The van der Waals surface area contributed by atoms with Crippen LogP contribution >= 0.6 is 22.9 Å². The Balaban J connectivity index is 1.95. The molecule has 6 nitrogen and oxygen atoms in total. The molecular weight excluding hydrogens is 394 g/mol. The van der Waals surface area contributed by atoms with Gasteiger partial charge in [-0.05, 0) is 38.3 Å². The second-order valence-electron chi connectivity index (χ2n) is 7.06. The molecule has 3 heterocycles. The summed E-state index contributed by atoms with van der Waals surface area (Å²) in [4.78, 5) is 18.5. The van der Waals surface area contributed by atoms with Crippen molar-refractivity contribution in [1.29, 1.82) is 0 Å². The van der Waals surface area contributed by atoms with Crippen molar-refractivity contribution in [2.45, 2.75) is 46.1 Å². The predicted octanol–water partition coefficient (Wildman–Crippen LogP) is 4.08. The molecule has 0 saturated carbocycles. The second-order valence-corrected chi connectivity index (χ2v) is 8.75. The topological polar surface area (TPSA) is 72.2 Å². The summed E-state index contributed by atoms with van der Waals surface area (Å²) in [7, 11) is 1.64. The second kappa shape index (κ2) is 7.29. The Hall–Kier alpha value is -2.25. The maximum absolute atomic E-state index is 12.2. The number of thiophene rings is 1. The van der Waals surface area contributed by atoms with Crippen molar-refractivity contribution in [3.8, 4) is 5.00 Å². The zero-order valence-electron chi connectivity index (χ0n) is 16.3. The van der Waals surface area contributed by atoms with E-state index in [-0.39, 0.29) is 12.3 Å². The highest BCUT2D eigenvalue weighted by atomic mass is 35.5. The molecule has 1 N–H and O–H groups in total. The number of amides is 1. The molecule has 0 radical (unpaired) electrons. The highest BCUT2D eigenvalue weighted by molar-refractivity contribution is 7.15. The van der Waals surface area contributed by atoms with Crippen molar-refractivity contribution in [3.63, 3.8) is 0 Å². The Morgan fingerprint density at radius 3 is 2.75 bits per heavy atom. The van der Waals surface area contributed by atoms with Crippen LogP contribution in [-0.4, -0.2) is 33.4 Å². The predicted molar refractivity (Wildman–Crippen MR) is 113 cm³/mol. The van der Waals surface area contributed by atoms with E-state index < -0.39 is 6.04 Å². The van der Waals surface area contributed by atoms with Crippen LogP contribution in [-0.2, 0) is 4.79 Å². The lowest BCUT2D eigenvalue weighted by atomic mass is 9.94. The van der Waals surface area contributed by atoms with Gasteiger partial charge < -0.3 is 5.32 Å². The Morgan fingerprint density at radius 2 is 2.07 bits per heavy atom. The molecule has 4 rings (SSSR count). The molecular formula is C20H22ClN5OS. The number of carbonyl (C=O) groups is 1. The lowest BCUT2D eigenvalue weighted by Crippen LogP contribution is -2.21. The number of fused-ring (bicyclic) bond motifs is 3. The van der Waals surface area contributed by atoms with Crippen LogP contribution in [0.5, 0.6) is 0 Å². The van der Waals surface area contributed by atoms with Crippen LogP contribution in [0, 0.1) is 20.8 Å². The van der Waals surface area contributed by atoms with Crippen LogP contribution in [0.25, 0.3) is 5.00 Å². The highest BCUT2D eigenvalue weighted by Gasteiger charge is 2.32. The van der Waals surface area contributed by atoms with Gasteiger partial charge in [0.25, 0.3) is 0 Å². The average Bonchev–Trinajstić information content (AvgIpc) is 3.15. The number of hydrogen-bond acceptors (Lipinski definition) is 5. The summed E-state index contributed by atoms with van der Waals surface area (Å²) in [6, 6.07) is -0.391. The Labute approximate surface area is 173 Å². The van der Waals surface area contributed by atoms with Crippen molar-refractivity contribution < 1.29 is 4.79 Å². The number of aliphatic imine (C=N–C) groups is 1. The van der Waals surface area contributed by atoms with Crippen LogP contribution < -0.4 is 5.32 Å². The van der Waals surface area contributed by atoms with Crippen LogP contribution in [0.15, 0.2) is 27.7 Å². The van der Waals surface area contributed by atoms with Gasteiger partial charge in [-0.3, -0.25) is 14.4 Å². The maximum atomic E-state index is 12.2. The molecule has 1 aliphatic heterocycles. The highest BCUT2D eigenvalue weighted by Crippen LogP contribution is 2.40. The Bertz CT molecular complexity index is 1060. The van der Waals surface area contributed by atoms with Gasteiger partial charge in [-0.25, -0.2) is 0 Å². The lowest BCUT2D eigenvalue weighted by molar-refractivity contribution is -0.121. The first-order valence-corrected chi connectivity index (χ1v) is 10.4. The molecule has 1 unspecified atom stereocenters. The number of aromatic nitrogens is 3. The van der Waals surface area contributed by atoms with Gasteiger partial charge in [0.15, 0.2) is 5.82 Å². The summed E-state index contributed by atoms with van der Waals surface area (Å²) in [5.74, 6) is 1.44. The summed E-state index contributed by atoms with van der Waals surface area (Å²) in [5.41, 5.74) is 4.41. The van der Waals surface area contributed by atoms with E-state index >= 15 is 0 Å². The van der Waals surface area contributed by atoms with E-state index in [1.54, 1.807) is 18.4 Å². The van der Waals surface area contributed by atoms with Crippen molar-refractivity contribution in [2.24, 2.45) is 4.99 Å². The fourth-order valence-corrected chi connectivity index (χ4v) is 5.00. The van der Waals surface area contributed by atoms with Crippen molar-refractivity contribution in [3.05, 3.63) is 50.4 Å². The normalized spacial score (nSPS) is 18.5. The van der Waals surface area contributed by atoms with E-state index in [2.05, 4.69) is 40.0 Å². The molecule has 8 heteroatoms. The van der Waals surface area contributed by atoms with Crippen LogP contribution in [0.2, 0.25) is 0 Å². The summed E-state index contributed by atoms with van der Waals surface area (Å²) < 4.78 is 2.07. The summed E-state index contributed by atoms with van der Waals surface area (Å²) in [6.45, 7) is 6.19. The molecule has 0 fully saturated rings. The number of nitrogens with zero attached hydrogens (tertiary/aromatic N) is 4. The third kappa shape index (κ3) is 3.12. The zero-order valence-corrected chi connectivity index (χ0v) is 17.9.